The van der Waals surface area contributed by atoms with Crippen LogP contribution in [0, 0.1) is 5.92 Å². The molecule has 0 aromatic heterocycles. The second kappa shape index (κ2) is 4.63. The third kappa shape index (κ3) is 2.71. The molecule has 0 saturated heterocycles. The fourth-order valence-corrected chi connectivity index (χ4v) is 2.40. The zero-order chi connectivity index (χ0) is 9.97. The molecule has 0 heterocycles. The molecule has 2 rings (SSSR count). The smallest absolute Gasteiger partial charge is 0.0108 e. The summed E-state index contributed by atoms with van der Waals surface area (Å²) in [4.78, 5) is 2.77. The van der Waals surface area contributed by atoms with Crippen molar-refractivity contribution in [2.24, 2.45) is 11.7 Å². The Labute approximate surface area is 87.8 Å². The van der Waals surface area contributed by atoms with Crippen molar-refractivity contribution in [1.82, 2.24) is 4.90 Å². The summed E-state index contributed by atoms with van der Waals surface area (Å²) in [5.74, 6) is 1.03. The van der Waals surface area contributed by atoms with Crippen LogP contribution in [0.5, 0.6) is 0 Å². The molecule has 0 amide bonds. The summed E-state index contributed by atoms with van der Waals surface area (Å²) in [6.07, 6.45) is 8.30. The molecule has 1 atom stereocenters. The van der Waals surface area contributed by atoms with Crippen molar-refractivity contribution >= 4 is 0 Å². The number of hydrogen-bond donors (Lipinski definition) is 1. The SMILES string of the molecule is CCC(CCN)N(CC1CC1)C1CC1. The molecule has 82 valence electrons. The van der Waals surface area contributed by atoms with Crippen molar-refractivity contribution in [2.75, 3.05) is 13.1 Å². The molecular weight excluding hydrogens is 172 g/mol. The lowest BCUT2D eigenvalue weighted by Gasteiger charge is -2.31. The van der Waals surface area contributed by atoms with Crippen molar-refractivity contribution in [3.05, 3.63) is 0 Å². The molecule has 2 aliphatic carbocycles. The van der Waals surface area contributed by atoms with Crippen LogP contribution in [0.1, 0.15) is 45.4 Å². The maximum atomic E-state index is 5.68. The van der Waals surface area contributed by atoms with Gasteiger partial charge in [0.25, 0.3) is 0 Å². The standard InChI is InChI=1S/C12H24N2/c1-2-11(7-8-13)14(12-5-6-12)9-10-3-4-10/h10-12H,2-9,13H2,1H3. The Morgan fingerprint density at radius 1 is 1.29 bits per heavy atom. The van der Waals surface area contributed by atoms with Crippen molar-refractivity contribution in [3.8, 4) is 0 Å². The van der Waals surface area contributed by atoms with E-state index in [9.17, 15) is 0 Å². The quantitative estimate of drug-likeness (QED) is 0.674. The van der Waals surface area contributed by atoms with E-state index in [1.807, 2.05) is 0 Å². The Hall–Kier alpha value is -0.0800. The molecule has 14 heavy (non-hydrogen) atoms. The normalized spacial score (nSPS) is 24.2. The summed E-state index contributed by atoms with van der Waals surface area (Å²) in [6, 6.07) is 1.69. The van der Waals surface area contributed by atoms with E-state index in [4.69, 9.17) is 5.73 Å². The molecule has 1 unspecified atom stereocenters. The Balaban J connectivity index is 1.84. The maximum Gasteiger partial charge on any atom is 0.0108 e. The van der Waals surface area contributed by atoms with Gasteiger partial charge >= 0.3 is 0 Å². The average Bonchev–Trinajstić information content (AvgIpc) is 3.03. The number of hydrogen-bond acceptors (Lipinski definition) is 2. The summed E-state index contributed by atoms with van der Waals surface area (Å²) in [6.45, 7) is 4.53. The van der Waals surface area contributed by atoms with Crippen LogP contribution in [0.15, 0.2) is 0 Å². The summed E-state index contributed by atoms with van der Waals surface area (Å²) >= 11 is 0. The van der Waals surface area contributed by atoms with Gasteiger partial charge in [0.2, 0.25) is 0 Å². The predicted molar refractivity (Wildman–Crippen MR) is 60.2 cm³/mol. The van der Waals surface area contributed by atoms with Crippen LogP contribution in [0.2, 0.25) is 0 Å². The second-order valence-electron chi connectivity index (χ2n) is 5.01. The van der Waals surface area contributed by atoms with Gasteiger partial charge in [-0.25, -0.2) is 0 Å². The topological polar surface area (TPSA) is 29.3 Å². The van der Waals surface area contributed by atoms with E-state index < -0.39 is 0 Å². The molecule has 2 saturated carbocycles. The van der Waals surface area contributed by atoms with E-state index in [0.29, 0.717) is 0 Å². The van der Waals surface area contributed by atoms with Gasteiger partial charge in [-0.2, -0.15) is 0 Å². The maximum absolute atomic E-state index is 5.68. The van der Waals surface area contributed by atoms with E-state index in [0.717, 1.165) is 24.5 Å². The van der Waals surface area contributed by atoms with Crippen molar-refractivity contribution in [2.45, 2.75) is 57.5 Å². The molecule has 2 aliphatic rings. The minimum Gasteiger partial charge on any atom is -0.330 e. The lowest BCUT2D eigenvalue weighted by Crippen LogP contribution is -2.39. The van der Waals surface area contributed by atoms with Gasteiger partial charge in [0.05, 0.1) is 0 Å². The minimum atomic E-state index is 0.771. The highest BCUT2D eigenvalue weighted by atomic mass is 15.2. The van der Waals surface area contributed by atoms with Crippen molar-refractivity contribution in [1.29, 1.82) is 0 Å². The Morgan fingerprint density at radius 2 is 2.00 bits per heavy atom. The molecule has 0 radical (unpaired) electrons. The second-order valence-corrected chi connectivity index (χ2v) is 5.01. The Kier molecular flexibility index (Phi) is 3.45. The first kappa shape index (κ1) is 10.4. The molecular formula is C12H24N2. The van der Waals surface area contributed by atoms with E-state index in [2.05, 4.69) is 11.8 Å². The van der Waals surface area contributed by atoms with E-state index >= 15 is 0 Å². The van der Waals surface area contributed by atoms with Crippen LogP contribution >= 0.6 is 0 Å². The highest BCUT2D eigenvalue weighted by molar-refractivity contribution is 4.91. The van der Waals surface area contributed by atoms with Gasteiger partial charge in [0.15, 0.2) is 0 Å². The molecule has 2 fully saturated rings. The van der Waals surface area contributed by atoms with E-state index in [-0.39, 0.29) is 0 Å². The molecule has 2 nitrogen and oxygen atoms in total. The van der Waals surface area contributed by atoms with Gasteiger partial charge < -0.3 is 5.73 Å². The molecule has 0 bridgehead atoms. The van der Waals surface area contributed by atoms with Crippen molar-refractivity contribution < 1.29 is 0 Å². The van der Waals surface area contributed by atoms with Crippen LogP contribution in [0.25, 0.3) is 0 Å². The first-order chi connectivity index (χ1) is 6.85. The van der Waals surface area contributed by atoms with Crippen LogP contribution in [0.4, 0.5) is 0 Å². The summed E-state index contributed by atoms with van der Waals surface area (Å²) in [5, 5.41) is 0. The van der Waals surface area contributed by atoms with Gasteiger partial charge in [-0.3, -0.25) is 4.90 Å². The molecule has 0 aromatic rings. The van der Waals surface area contributed by atoms with Crippen LogP contribution in [-0.2, 0) is 0 Å². The number of nitrogens with two attached hydrogens (primary N) is 1. The zero-order valence-corrected chi connectivity index (χ0v) is 9.41. The van der Waals surface area contributed by atoms with E-state index in [1.165, 1.54) is 45.1 Å². The molecule has 0 spiro atoms. The fraction of sp³-hybridized carbons (Fsp3) is 1.00. The van der Waals surface area contributed by atoms with Crippen LogP contribution < -0.4 is 5.73 Å². The zero-order valence-electron chi connectivity index (χ0n) is 9.41. The van der Waals surface area contributed by atoms with E-state index in [1.54, 1.807) is 0 Å². The summed E-state index contributed by atoms with van der Waals surface area (Å²) in [5.41, 5.74) is 5.68. The van der Waals surface area contributed by atoms with Gasteiger partial charge in [-0.05, 0) is 51.0 Å². The highest BCUT2D eigenvalue weighted by Crippen LogP contribution is 2.36. The molecule has 2 N–H and O–H groups in total. The first-order valence-electron chi connectivity index (χ1n) is 6.31. The average molecular weight is 196 g/mol. The fourth-order valence-electron chi connectivity index (χ4n) is 2.40. The highest BCUT2D eigenvalue weighted by Gasteiger charge is 2.36. The molecule has 2 heteroatoms. The third-order valence-corrected chi connectivity index (χ3v) is 3.62. The van der Waals surface area contributed by atoms with Crippen LogP contribution in [-0.4, -0.2) is 30.1 Å². The van der Waals surface area contributed by atoms with Gasteiger partial charge in [-0.1, -0.05) is 6.92 Å². The lowest BCUT2D eigenvalue weighted by molar-refractivity contribution is 0.166. The number of nitrogens with zero attached hydrogens (tertiary/aromatic N) is 1. The van der Waals surface area contributed by atoms with Crippen LogP contribution in [0.3, 0.4) is 0 Å². The first-order valence-corrected chi connectivity index (χ1v) is 6.31. The predicted octanol–water partition coefficient (Wildman–Crippen LogP) is 1.99. The van der Waals surface area contributed by atoms with Crippen molar-refractivity contribution in [3.63, 3.8) is 0 Å². The molecule has 0 aliphatic heterocycles. The van der Waals surface area contributed by atoms with Gasteiger partial charge in [0, 0.05) is 18.6 Å². The van der Waals surface area contributed by atoms with Gasteiger partial charge in [0.1, 0.15) is 0 Å². The van der Waals surface area contributed by atoms with Gasteiger partial charge in [-0.15, -0.1) is 0 Å². The Bertz CT molecular complexity index is 173. The lowest BCUT2D eigenvalue weighted by atomic mass is 10.1. The third-order valence-electron chi connectivity index (χ3n) is 3.62. The largest absolute Gasteiger partial charge is 0.330 e. The minimum absolute atomic E-state index is 0.771. The number of rotatable bonds is 7. The molecule has 0 aromatic carbocycles. The summed E-state index contributed by atoms with van der Waals surface area (Å²) in [7, 11) is 0. The Morgan fingerprint density at radius 3 is 2.43 bits per heavy atom. The summed E-state index contributed by atoms with van der Waals surface area (Å²) < 4.78 is 0. The monoisotopic (exact) mass is 196 g/mol.